The summed E-state index contributed by atoms with van der Waals surface area (Å²) in [6, 6.07) is 19.8. The number of likely N-dealkylation sites (N-methyl/N-ethyl adjacent to an activating group) is 1. The van der Waals surface area contributed by atoms with E-state index in [0.717, 1.165) is 16.7 Å². The molecule has 1 unspecified atom stereocenters. The highest BCUT2D eigenvalue weighted by Gasteiger charge is 2.68. The number of hydrogen-bond donors (Lipinski definition) is 2. The van der Waals surface area contributed by atoms with Crippen molar-refractivity contribution in [3.05, 3.63) is 83.6 Å². The third-order valence-corrected chi connectivity index (χ3v) is 8.07. The van der Waals surface area contributed by atoms with Crippen molar-refractivity contribution < 1.29 is 28.5 Å². The molecule has 4 nitrogen and oxygen atoms in total. The van der Waals surface area contributed by atoms with Crippen LogP contribution in [-0.2, 0) is 5.41 Å². The van der Waals surface area contributed by atoms with Crippen LogP contribution >= 0.6 is 0 Å². The van der Waals surface area contributed by atoms with Gasteiger partial charge in [0.25, 0.3) is 0 Å². The second-order valence-electron chi connectivity index (χ2n) is 9.46. The topological polar surface area (TPSA) is 36.4 Å². The first-order valence-electron chi connectivity index (χ1n) is 11.1. The Morgan fingerprint density at radius 1 is 1.10 bits per heavy atom. The highest BCUT2D eigenvalue weighted by molar-refractivity contribution is 6.14. The number of hydrazine groups is 1. The standard InChI is InChI=1S/C26H29N4.HI/c1-3-18-17-30(2)14-13-26-22-11-7-8-12-23(22)28-25(26)21(20(18)15-24(26)30)16-27-29-19-9-5-4-6-10-19;/h3-12,16,20,24,27,29H,13-15,17H2,1-2H3;1H/q+1;/p-1/b18-3-,21-16+;/t20-,24-,26+,30?;/m0./s1. The summed E-state index contributed by atoms with van der Waals surface area (Å²) in [6.45, 7) is 4.59. The molecule has 0 amide bonds. The Morgan fingerprint density at radius 3 is 2.68 bits per heavy atom. The minimum absolute atomic E-state index is 0. The van der Waals surface area contributed by atoms with Crippen molar-refractivity contribution in [3.63, 3.8) is 0 Å². The number of nitrogens with one attached hydrogen (secondary N) is 2. The lowest BCUT2D eigenvalue weighted by Gasteiger charge is -2.52. The summed E-state index contributed by atoms with van der Waals surface area (Å²) in [4.78, 5) is 5.28. The summed E-state index contributed by atoms with van der Waals surface area (Å²) in [5.74, 6) is 0.454. The zero-order chi connectivity index (χ0) is 20.3. The second-order valence-corrected chi connectivity index (χ2v) is 9.46. The monoisotopic (exact) mass is 524 g/mol. The summed E-state index contributed by atoms with van der Waals surface area (Å²) in [6.07, 6.45) is 6.95. The predicted molar refractivity (Wildman–Crippen MR) is 123 cm³/mol. The van der Waals surface area contributed by atoms with E-state index in [1.807, 2.05) is 18.2 Å². The number of benzene rings is 2. The molecule has 1 saturated carbocycles. The Morgan fingerprint density at radius 2 is 1.87 bits per heavy atom. The number of piperidine rings is 1. The Kier molecular flexibility index (Phi) is 5.01. The molecule has 0 radical (unpaired) electrons. The largest absolute Gasteiger partial charge is 1.00 e. The van der Waals surface area contributed by atoms with E-state index in [1.54, 1.807) is 5.57 Å². The van der Waals surface area contributed by atoms with E-state index in [2.05, 4.69) is 73.5 Å². The maximum Gasteiger partial charge on any atom is 0.106 e. The van der Waals surface area contributed by atoms with Crippen LogP contribution in [0.5, 0.6) is 0 Å². The maximum atomic E-state index is 5.28. The number of allylic oxidation sites excluding steroid dienone is 2. The molecular weight excluding hydrogens is 495 g/mol. The number of nitrogens with zero attached hydrogens (tertiary/aromatic N) is 2. The number of para-hydroxylation sites is 2. The summed E-state index contributed by atoms with van der Waals surface area (Å²) in [5.41, 5.74) is 14.8. The Hall–Kier alpha value is -2.12. The van der Waals surface area contributed by atoms with Crippen LogP contribution in [-0.4, -0.2) is 36.4 Å². The Balaban J connectivity index is 0.00000204. The van der Waals surface area contributed by atoms with Crippen molar-refractivity contribution in [1.82, 2.24) is 5.43 Å². The number of hydrogen-bond acceptors (Lipinski definition) is 3. The van der Waals surface area contributed by atoms with E-state index in [0.29, 0.717) is 12.0 Å². The molecule has 2 N–H and O–H groups in total. The number of rotatable bonds is 3. The molecule has 31 heavy (non-hydrogen) atoms. The first kappa shape index (κ1) is 20.8. The summed E-state index contributed by atoms with van der Waals surface area (Å²) in [7, 11) is 2.47. The van der Waals surface area contributed by atoms with Crippen molar-refractivity contribution >= 4 is 17.1 Å². The van der Waals surface area contributed by atoms with Crippen LogP contribution in [0.15, 0.2) is 83.0 Å². The molecule has 4 aliphatic rings. The second kappa shape index (κ2) is 7.48. The predicted octanol–water partition coefficient (Wildman–Crippen LogP) is 1.71. The van der Waals surface area contributed by atoms with Gasteiger partial charge in [-0.15, -0.1) is 0 Å². The van der Waals surface area contributed by atoms with Gasteiger partial charge in [-0.25, -0.2) is 0 Å². The van der Waals surface area contributed by atoms with Gasteiger partial charge in [-0.05, 0) is 41.8 Å². The van der Waals surface area contributed by atoms with Gasteiger partial charge in [-0.1, -0.05) is 42.5 Å². The van der Waals surface area contributed by atoms with Gasteiger partial charge in [-0.3, -0.25) is 4.99 Å². The molecule has 6 rings (SSSR count). The van der Waals surface area contributed by atoms with Gasteiger partial charge < -0.3 is 39.3 Å². The lowest BCUT2D eigenvalue weighted by atomic mass is 9.58. The van der Waals surface area contributed by atoms with Gasteiger partial charge in [-0.2, -0.15) is 0 Å². The molecule has 0 aromatic heterocycles. The zero-order valence-corrected chi connectivity index (χ0v) is 20.3. The third kappa shape index (κ3) is 2.85. The van der Waals surface area contributed by atoms with Crippen molar-refractivity contribution in [2.24, 2.45) is 10.9 Å². The summed E-state index contributed by atoms with van der Waals surface area (Å²) in [5, 5.41) is 0. The van der Waals surface area contributed by atoms with Crippen LogP contribution in [0.1, 0.15) is 25.3 Å². The molecule has 3 aliphatic heterocycles. The Bertz CT molecular complexity index is 1110. The highest BCUT2D eigenvalue weighted by atomic mass is 127. The molecule has 3 heterocycles. The first-order chi connectivity index (χ1) is 14.7. The van der Waals surface area contributed by atoms with Gasteiger partial charge in [0, 0.05) is 25.0 Å². The van der Waals surface area contributed by atoms with Crippen LogP contribution in [0, 0.1) is 5.92 Å². The number of fused-ring (bicyclic) bond motifs is 2. The summed E-state index contributed by atoms with van der Waals surface area (Å²) < 4.78 is 1.16. The Labute approximate surface area is 201 Å². The maximum absolute atomic E-state index is 5.28. The van der Waals surface area contributed by atoms with Crippen molar-refractivity contribution in [3.8, 4) is 0 Å². The fourth-order valence-electron chi connectivity index (χ4n) is 6.71. The molecule has 4 atom stereocenters. The lowest BCUT2D eigenvalue weighted by Crippen LogP contribution is -3.00. The van der Waals surface area contributed by atoms with Crippen molar-refractivity contribution in [2.45, 2.75) is 31.2 Å². The van der Waals surface area contributed by atoms with E-state index in [9.17, 15) is 0 Å². The van der Waals surface area contributed by atoms with Crippen LogP contribution < -0.4 is 34.8 Å². The van der Waals surface area contributed by atoms with Gasteiger partial charge in [0.15, 0.2) is 0 Å². The van der Waals surface area contributed by atoms with Gasteiger partial charge in [0.1, 0.15) is 12.6 Å². The average molecular weight is 524 g/mol. The minimum atomic E-state index is 0. The molecule has 2 aromatic carbocycles. The average Bonchev–Trinajstić information content (AvgIpc) is 3.29. The van der Waals surface area contributed by atoms with Crippen LogP contribution in [0.25, 0.3) is 0 Å². The first-order valence-corrected chi connectivity index (χ1v) is 11.1. The SMILES string of the molecule is C/C=C1/C[N+]2(C)CC[C@@]34C(=Nc5ccccc53)/C(=C/NNc3ccccc3)[C@H]1C[C@@H]42.[I-]. The molecule has 5 heteroatoms. The highest BCUT2D eigenvalue weighted by Crippen LogP contribution is 2.61. The molecule has 160 valence electrons. The smallest absolute Gasteiger partial charge is 0.106 e. The number of halogens is 1. The van der Waals surface area contributed by atoms with E-state index in [1.165, 1.54) is 41.9 Å². The molecule has 3 fully saturated rings. The fraction of sp³-hybridized carbons (Fsp3) is 0.346. The van der Waals surface area contributed by atoms with Crippen molar-refractivity contribution in [1.29, 1.82) is 0 Å². The molecule has 1 aliphatic carbocycles. The number of anilines is 1. The van der Waals surface area contributed by atoms with Crippen LogP contribution in [0.2, 0.25) is 0 Å². The number of aliphatic imine (C=N–C) groups is 1. The van der Waals surface area contributed by atoms with Gasteiger partial charge >= 0.3 is 0 Å². The molecule has 1 spiro atoms. The van der Waals surface area contributed by atoms with Crippen molar-refractivity contribution in [2.75, 3.05) is 25.6 Å². The van der Waals surface area contributed by atoms with E-state index in [4.69, 9.17) is 4.99 Å². The van der Waals surface area contributed by atoms with Gasteiger partial charge in [0.05, 0.1) is 36.1 Å². The van der Waals surface area contributed by atoms with Crippen LogP contribution in [0.4, 0.5) is 11.4 Å². The molecule has 2 aromatic rings. The number of quaternary nitrogens is 1. The zero-order valence-electron chi connectivity index (χ0n) is 18.1. The molecule has 2 saturated heterocycles. The van der Waals surface area contributed by atoms with E-state index >= 15 is 0 Å². The van der Waals surface area contributed by atoms with E-state index < -0.39 is 0 Å². The fourth-order valence-corrected chi connectivity index (χ4v) is 6.71. The molecule has 2 bridgehead atoms. The lowest BCUT2D eigenvalue weighted by molar-refractivity contribution is -0.923. The van der Waals surface area contributed by atoms with Gasteiger partial charge in [0.2, 0.25) is 0 Å². The molecular formula is C26H29IN4. The summed E-state index contributed by atoms with van der Waals surface area (Å²) >= 11 is 0. The van der Waals surface area contributed by atoms with E-state index in [-0.39, 0.29) is 29.4 Å². The van der Waals surface area contributed by atoms with Crippen LogP contribution in [0.3, 0.4) is 0 Å². The minimum Gasteiger partial charge on any atom is -1.00 e. The normalized spacial score (nSPS) is 34.6. The third-order valence-electron chi connectivity index (χ3n) is 8.07. The quantitative estimate of drug-likeness (QED) is 0.278.